The fourth-order valence-electron chi connectivity index (χ4n) is 2.34. The molecular weight excluding hydrogens is 310 g/mol. The van der Waals surface area contributed by atoms with Gasteiger partial charge in [0.1, 0.15) is 0 Å². The quantitative estimate of drug-likeness (QED) is 0.739. The van der Waals surface area contributed by atoms with Crippen molar-refractivity contribution in [3.05, 3.63) is 60.4 Å². The molecule has 3 rings (SSSR count). The van der Waals surface area contributed by atoms with Crippen LogP contribution in [0.15, 0.2) is 59.8 Å². The van der Waals surface area contributed by atoms with Gasteiger partial charge in [-0.2, -0.15) is 0 Å². The van der Waals surface area contributed by atoms with Gasteiger partial charge in [0.25, 0.3) is 10.0 Å². The number of hydrogen-bond donors (Lipinski definition) is 0. The number of hydrogen-bond acceptors (Lipinski definition) is 4. The van der Waals surface area contributed by atoms with Crippen LogP contribution in [-0.4, -0.2) is 25.4 Å². The zero-order valence-electron chi connectivity index (χ0n) is 13.0. The van der Waals surface area contributed by atoms with Gasteiger partial charge in [-0.05, 0) is 42.3 Å². The molecule has 6 heteroatoms. The van der Waals surface area contributed by atoms with E-state index >= 15 is 0 Å². The molecule has 0 bridgehead atoms. The van der Waals surface area contributed by atoms with Crippen molar-refractivity contribution < 1.29 is 8.42 Å². The van der Waals surface area contributed by atoms with Crippen LogP contribution in [0.1, 0.15) is 12.5 Å². The van der Waals surface area contributed by atoms with Gasteiger partial charge in [-0.25, -0.2) is 8.42 Å². The van der Waals surface area contributed by atoms with Gasteiger partial charge >= 0.3 is 0 Å². The third kappa shape index (κ3) is 2.90. The number of anilines is 1. The summed E-state index contributed by atoms with van der Waals surface area (Å²) in [5.41, 5.74) is 3.05. The fourth-order valence-corrected chi connectivity index (χ4v) is 3.53. The van der Waals surface area contributed by atoms with Crippen LogP contribution in [0, 0.1) is 0 Å². The van der Waals surface area contributed by atoms with Crippen LogP contribution in [0.3, 0.4) is 0 Å². The topological polar surface area (TPSA) is 63.2 Å². The fraction of sp³-hybridized carbons (Fsp3) is 0.176. The molecule has 2 aromatic carbocycles. The number of rotatable bonds is 4. The van der Waals surface area contributed by atoms with Gasteiger partial charge in [0, 0.05) is 19.4 Å². The highest BCUT2D eigenvalue weighted by atomic mass is 32.2. The highest BCUT2D eigenvalue weighted by molar-refractivity contribution is 7.92. The Bertz CT molecular complexity index is 937. The van der Waals surface area contributed by atoms with E-state index in [0.717, 1.165) is 17.5 Å². The summed E-state index contributed by atoms with van der Waals surface area (Å²) in [6.07, 6.45) is 4.07. The largest absolute Gasteiger partial charge is 0.269 e. The first kappa shape index (κ1) is 15.4. The smallest absolute Gasteiger partial charge is 0.264 e. The van der Waals surface area contributed by atoms with E-state index in [1.165, 1.54) is 4.31 Å². The summed E-state index contributed by atoms with van der Waals surface area (Å²) in [6, 6.07) is 12.2. The van der Waals surface area contributed by atoms with Gasteiger partial charge in [-0.1, -0.05) is 19.1 Å². The summed E-state index contributed by atoms with van der Waals surface area (Å²) in [6.45, 7) is 2.03. The molecule has 0 saturated carbocycles. The number of aromatic nitrogens is 2. The Morgan fingerprint density at radius 2 is 1.61 bits per heavy atom. The molecule has 0 amide bonds. The molecule has 0 unspecified atom stereocenters. The number of sulfonamides is 1. The minimum Gasteiger partial charge on any atom is -0.269 e. The number of aryl methyl sites for hydroxylation is 1. The zero-order valence-corrected chi connectivity index (χ0v) is 13.8. The van der Waals surface area contributed by atoms with Crippen LogP contribution in [0.25, 0.3) is 11.0 Å². The van der Waals surface area contributed by atoms with E-state index < -0.39 is 10.0 Å². The molecular formula is C17H17N3O2S. The highest BCUT2D eigenvalue weighted by Crippen LogP contribution is 2.24. The average Bonchev–Trinajstić information content (AvgIpc) is 2.60. The number of nitrogens with zero attached hydrogens (tertiary/aromatic N) is 3. The van der Waals surface area contributed by atoms with Gasteiger partial charge in [0.2, 0.25) is 0 Å². The van der Waals surface area contributed by atoms with E-state index in [1.807, 2.05) is 19.1 Å². The second-order valence-electron chi connectivity index (χ2n) is 5.20. The summed E-state index contributed by atoms with van der Waals surface area (Å²) in [7, 11) is -2.06. The van der Waals surface area contributed by atoms with Gasteiger partial charge in [-0.3, -0.25) is 14.3 Å². The van der Waals surface area contributed by atoms with Crippen LogP contribution in [0.5, 0.6) is 0 Å². The third-order valence-corrected chi connectivity index (χ3v) is 5.61. The van der Waals surface area contributed by atoms with Crippen LogP contribution < -0.4 is 4.31 Å². The SMILES string of the molecule is CCc1ccc(S(=O)(=O)N(C)c2ccc3nccnc3c2)cc1. The van der Waals surface area contributed by atoms with E-state index in [0.29, 0.717) is 11.2 Å². The van der Waals surface area contributed by atoms with E-state index in [9.17, 15) is 8.42 Å². The molecule has 5 nitrogen and oxygen atoms in total. The Morgan fingerprint density at radius 1 is 0.957 bits per heavy atom. The Balaban J connectivity index is 2.00. The van der Waals surface area contributed by atoms with E-state index in [4.69, 9.17) is 0 Å². The van der Waals surface area contributed by atoms with Crippen molar-refractivity contribution in [1.29, 1.82) is 0 Å². The number of fused-ring (bicyclic) bond motifs is 1. The van der Waals surface area contributed by atoms with Crippen molar-refractivity contribution in [2.24, 2.45) is 0 Å². The van der Waals surface area contributed by atoms with Crippen molar-refractivity contribution in [1.82, 2.24) is 9.97 Å². The summed E-state index contributed by atoms with van der Waals surface area (Å²) >= 11 is 0. The maximum absolute atomic E-state index is 12.8. The first-order valence-electron chi connectivity index (χ1n) is 7.31. The molecule has 0 saturated heterocycles. The summed E-state index contributed by atoms with van der Waals surface area (Å²) in [5.74, 6) is 0. The molecule has 0 fully saturated rings. The monoisotopic (exact) mass is 327 g/mol. The lowest BCUT2D eigenvalue weighted by molar-refractivity contribution is 0.594. The van der Waals surface area contributed by atoms with E-state index in [1.54, 1.807) is 49.8 Å². The van der Waals surface area contributed by atoms with E-state index in [-0.39, 0.29) is 4.90 Å². The van der Waals surface area contributed by atoms with E-state index in [2.05, 4.69) is 9.97 Å². The third-order valence-electron chi connectivity index (χ3n) is 3.81. The molecule has 1 heterocycles. The Hall–Kier alpha value is -2.47. The second-order valence-corrected chi connectivity index (χ2v) is 7.17. The van der Waals surface area contributed by atoms with Crippen molar-refractivity contribution in [3.63, 3.8) is 0 Å². The molecule has 1 aromatic heterocycles. The lowest BCUT2D eigenvalue weighted by atomic mass is 10.2. The molecule has 118 valence electrons. The molecule has 0 N–H and O–H groups in total. The van der Waals surface area contributed by atoms with Crippen LogP contribution in [0.4, 0.5) is 5.69 Å². The summed E-state index contributed by atoms with van der Waals surface area (Å²) < 4.78 is 26.8. The van der Waals surface area contributed by atoms with Gasteiger partial charge in [0.15, 0.2) is 0 Å². The van der Waals surface area contributed by atoms with Crippen LogP contribution in [0.2, 0.25) is 0 Å². The molecule has 0 aliphatic heterocycles. The lowest BCUT2D eigenvalue weighted by Gasteiger charge is -2.20. The van der Waals surface area contributed by atoms with Gasteiger partial charge in [-0.15, -0.1) is 0 Å². The van der Waals surface area contributed by atoms with Crippen molar-refractivity contribution in [3.8, 4) is 0 Å². The van der Waals surface area contributed by atoms with Crippen molar-refractivity contribution >= 4 is 26.7 Å². The predicted molar refractivity (Wildman–Crippen MR) is 90.9 cm³/mol. The molecule has 0 aliphatic rings. The lowest BCUT2D eigenvalue weighted by Crippen LogP contribution is -2.26. The number of benzene rings is 2. The molecule has 0 radical (unpaired) electrons. The normalized spacial score (nSPS) is 11.6. The molecule has 0 atom stereocenters. The van der Waals surface area contributed by atoms with Crippen molar-refractivity contribution in [2.75, 3.05) is 11.4 Å². The first-order chi connectivity index (χ1) is 11.0. The first-order valence-corrected chi connectivity index (χ1v) is 8.75. The van der Waals surface area contributed by atoms with Gasteiger partial charge < -0.3 is 0 Å². The Labute approximate surface area is 135 Å². The summed E-state index contributed by atoms with van der Waals surface area (Å²) in [5, 5.41) is 0. The molecule has 3 aromatic rings. The second kappa shape index (κ2) is 5.96. The highest BCUT2D eigenvalue weighted by Gasteiger charge is 2.21. The molecule has 23 heavy (non-hydrogen) atoms. The maximum Gasteiger partial charge on any atom is 0.264 e. The summed E-state index contributed by atoms with van der Waals surface area (Å²) in [4.78, 5) is 8.68. The Kier molecular flexibility index (Phi) is 4.00. The average molecular weight is 327 g/mol. The molecule has 0 aliphatic carbocycles. The minimum atomic E-state index is -3.60. The maximum atomic E-state index is 12.8. The molecule has 0 spiro atoms. The Morgan fingerprint density at radius 3 is 2.26 bits per heavy atom. The van der Waals surface area contributed by atoms with Crippen LogP contribution in [-0.2, 0) is 16.4 Å². The van der Waals surface area contributed by atoms with Crippen molar-refractivity contribution in [2.45, 2.75) is 18.2 Å². The predicted octanol–water partition coefficient (Wildman–Crippen LogP) is 3.02. The van der Waals surface area contributed by atoms with Crippen LogP contribution >= 0.6 is 0 Å². The minimum absolute atomic E-state index is 0.274. The zero-order chi connectivity index (χ0) is 16.4. The van der Waals surface area contributed by atoms with Gasteiger partial charge in [0.05, 0.1) is 21.6 Å². The standard InChI is InChI=1S/C17H17N3O2S/c1-3-13-4-7-15(8-5-13)23(21,22)20(2)14-6-9-16-17(12-14)19-11-10-18-16/h4-12H,3H2,1-2H3.